The summed E-state index contributed by atoms with van der Waals surface area (Å²) in [5.41, 5.74) is 0.891. The van der Waals surface area contributed by atoms with Gasteiger partial charge in [-0.2, -0.15) is 0 Å². The van der Waals surface area contributed by atoms with E-state index < -0.39 is 5.54 Å². The Morgan fingerprint density at radius 3 is 2.71 bits per heavy atom. The second-order valence-corrected chi connectivity index (χ2v) is 5.91. The van der Waals surface area contributed by atoms with Gasteiger partial charge in [0.05, 0.1) is 11.9 Å². The largest absolute Gasteiger partial charge is 0.357 e. The van der Waals surface area contributed by atoms with Gasteiger partial charge in [0, 0.05) is 31.5 Å². The molecule has 0 bridgehead atoms. The van der Waals surface area contributed by atoms with Crippen LogP contribution in [0.25, 0.3) is 0 Å². The van der Waals surface area contributed by atoms with Gasteiger partial charge in [0.15, 0.2) is 5.54 Å². The molecule has 0 saturated carbocycles. The molecule has 24 heavy (non-hydrogen) atoms. The molecule has 1 saturated heterocycles. The minimum atomic E-state index is -1.11. The van der Waals surface area contributed by atoms with E-state index in [1.54, 1.807) is 36.6 Å². The smallest absolute Gasteiger partial charge is 0.255 e. The molecule has 1 aromatic heterocycles. The van der Waals surface area contributed by atoms with E-state index in [2.05, 4.69) is 15.3 Å². The molecule has 3 rings (SSSR count). The molecule has 1 aliphatic rings. The fourth-order valence-electron chi connectivity index (χ4n) is 3.39. The molecular formula is C18H20N4O2. The van der Waals surface area contributed by atoms with Crippen molar-refractivity contribution in [2.45, 2.75) is 25.3 Å². The van der Waals surface area contributed by atoms with Crippen LogP contribution in [0.2, 0.25) is 0 Å². The van der Waals surface area contributed by atoms with Crippen LogP contribution >= 0.6 is 0 Å². The molecule has 2 amide bonds. The van der Waals surface area contributed by atoms with Crippen molar-refractivity contribution in [2.24, 2.45) is 0 Å². The molecule has 0 spiro atoms. The molecule has 0 radical (unpaired) electrons. The Hall–Kier alpha value is -2.76. The van der Waals surface area contributed by atoms with Crippen LogP contribution in [0.1, 0.15) is 34.5 Å². The number of hydrogen-bond acceptors (Lipinski definition) is 4. The lowest BCUT2D eigenvalue weighted by Crippen LogP contribution is -2.55. The summed E-state index contributed by atoms with van der Waals surface area (Å²) in [6, 6.07) is 7.42. The summed E-state index contributed by atoms with van der Waals surface area (Å²) in [7, 11) is 1.58. The Bertz CT molecular complexity index is 763. The SMILES string of the molecule is CNC(=O)[C@@]1(c2cnccn2)CCCN1C(=O)c1ccccc1C. The molecule has 124 valence electrons. The highest BCUT2D eigenvalue weighted by Crippen LogP contribution is 2.39. The minimum Gasteiger partial charge on any atom is -0.357 e. The number of nitrogens with zero attached hydrogens (tertiary/aromatic N) is 3. The zero-order chi connectivity index (χ0) is 17.2. The van der Waals surface area contributed by atoms with Crippen LogP contribution in [0.4, 0.5) is 0 Å². The number of benzene rings is 1. The van der Waals surface area contributed by atoms with Crippen LogP contribution in [-0.4, -0.2) is 40.3 Å². The number of aromatic nitrogens is 2. The van der Waals surface area contributed by atoms with Gasteiger partial charge in [-0.3, -0.25) is 19.6 Å². The molecule has 6 nitrogen and oxygen atoms in total. The number of likely N-dealkylation sites (N-methyl/N-ethyl adjacent to an activating group) is 1. The summed E-state index contributed by atoms with van der Waals surface area (Å²) in [5.74, 6) is -0.387. The van der Waals surface area contributed by atoms with E-state index in [4.69, 9.17) is 0 Å². The topological polar surface area (TPSA) is 75.2 Å². The van der Waals surface area contributed by atoms with E-state index in [0.717, 1.165) is 12.0 Å². The number of likely N-dealkylation sites (tertiary alicyclic amines) is 1. The van der Waals surface area contributed by atoms with Crippen LogP contribution in [0, 0.1) is 6.92 Å². The number of hydrogen-bond donors (Lipinski definition) is 1. The van der Waals surface area contributed by atoms with E-state index >= 15 is 0 Å². The van der Waals surface area contributed by atoms with E-state index in [9.17, 15) is 9.59 Å². The monoisotopic (exact) mass is 324 g/mol. The molecule has 1 atom stereocenters. The second kappa shape index (κ2) is 6.39. The van der Waals surface area contributed by atoms with Crippen molar-refractivity contribution >= 4 is 11.8 Å². The molecule has 0 aliphatic carbocycles. The number of aryl methyl sites for hydroxylation is 1. The first kappa shape index (κ1) is 16.1. The van der Waals surface area contributed by atoms with Gasteiger partial charge in [0.2, 0.25) is 0 Å². The van der Waals surface area contributed by atoms with Crippen molar-refractivity contribution in [3.63, 3.8) is 0 Å². The third-order valence-corrected chi connectivity index (χ3v) is 4.59. The molecule has 0 unspecified atom stereocenters. The first-order chi connectivity index (χ1) is 11.6. The standard InChI is InChI=1S/C18H20N4O2/c1-13-6-3-4-7-14(13)16(23)22-11-5-8-18(22,17(24)19-2)15-12-20-9-10-21-15/h3-4,6-7,9-10,12H,5,8,11H2,1-2H3,(H,19,24)/t18-/m0/s1. The van der Waals surface area contributed by atoms with Crippen molar-refractivity contribution in [2.75, 3.05) is 13.6 Å². The highest BCUT2D eigenvalue weighted by atomic mass is 16.2. The Balaban J connectivity index is 2.10. The summed E-state index contributed by atoms with van der Waals surface area (Å²) in [5, 5.41) is 2.70. The van der Waals surface area contributed by atoms with Gasteiger partial charge in [-0.25, -0.2) is 0 Å². The molecule has 1 aliphatic heterocycles. The molecule has 2 heterocycles. The summed E-state index contributed by atoms with van der Waals surface area (Å²) in [6.07, 6.45) is 5.95. The normalized spacial score (nSPS) is 20.0. The maximum absolute atomic E-state index is 13.2. The van der Waals surface area contributed by atoms with Crippen molar-refractivity contribution in [3.05, 3.63) is 59.7 Å². The summed E-state index contributed by atoms with van der Waals surface area (Å²) >= 11 is 0. The molecule has 1 fully saturated rings. The summed E-state index contributed by atoms with van der Waals surface area (Å²) in [6.45, 7) is 2.41. The van der Waals surface area contributed by atoms with E-state index in [1.165, 1.54) is 0 Å². The van der Waals surface area contributed by atoms with Gasteiger partial charge in [0.25, 0.3) is 11.8 Å². The van der Waals surface area contributed by atoms with Crippen LogP contribution in [0.3, 0.4) is 0 Å². The second-order valence-electron chi connectivity index (χ2n) is 5.91. The minimum absolute atomic E-state index is 0.153. The highest BCUT2D eigenvalue weighted by Gasteiger charge is 2.52. The predicted octanol–water partition coefficient (Wildman–Crippen LogP) is 1.66. The number of amides is 2. The van der Waals surface area contributed by atoms with Crippen molar-refractivity contribution in [1.82, 2.24) is 20.2 Å². The van der Waals surface area contributed by atoms with Crippen LogP contribution < -0.4 is 5.32 Å². The first-order valence-electron chi connectivity index (χ1n) is 7.97. The molecule has 1 aromatic carbocycles. The summed E-state index contributed by atoms with van der Waals surface area (Å²) in [4.78, 5) is 36.0. The van der Waals surface area contributed by atoms with Gasteiger partial charge < -0.3 is 10.2 Å². The lowest BCUT2D eigenvalue weighted by Gasteiger charge is -2.36. The Labute approximate surface area is 140 Å². The van der Waals surface area contributed by atoms with Crippen molar-refractivity contribution in [3.8, 4) is 0 Å². The molecule has 6 heteroatoms. The fraction of sp³-hybridized carbons (Fsp3) is 0.333. The van der Waals surface area contributed by atoms with Gasteiger partial charge in [-0.1, -0.05) is 18.2 Å². The molecule has 2 aromatic rings. The van der Waals surface area contributed by atoms with Crippen LogP contribution in [0.15, 0.2) is 42.9 Å². The van der Waals surface area contributed by atoms with E-state index in [0.29, 0.717) is 24.2 Å². The lowest BCUT2D eigenvalue weighted by molar-refractivity contribution is -0.131. The zero-order valence-electron chi connectivity index (χ0n) is 13.8. The van der Waals surface area contributed by atoms with Crippen molar-refractivity contribution < 1.29 is 9.59 Å². The summed E-state index contributed by atoms with van der Waals surface area (Å²) < 4.78 is 0. The first-order valence-corrected chi connectivity index (χ1v) is 7.97. The maximum Gasteiger partial charge on any atom is 0.255 e. The fourth-order valence-corrected chi connectivity index (χ4v) is 3.39. The number of carbonyl (C=O) groups excluding carboxylic acids is 2. The third kappa shape index (κ3) is 2.44. The maximum atomic E-state index is 13.2. The Kier molecular flexibility index (Phi) is 4.29. The predicted molar refractivity (Wildman–Crippen MR) is 89.2 cm³/mol. The third-order valence-electron chi connectivity index (χ3n) is 4.59. The van der Waals surface area contributed by atoms with E-state index in [1.807, 2.05) is 25.1 Å². The average Bonchev–Trinajstić information content (AvgIpc) is 3.07. The van der Waals surface area contributed by atoms with Gasteiger partial charge in [-0.15, -0.1) is 0 Å². The molecular weight excluding hydrogens is 304 g/mol. The highest BCUT2D eigenvalue weighted by molar-refractivity contribution is 6.00. The number of rotatable bonds is 3. The average molecular weight is 324 g/mol. The van der Waals surface area contributed by atoms with Gasteiger partial charge in [0.1, 0.15) is 0 Å². The Morgan fingerprint density at radius 1 is 1.25 bits per heavy atom. The van der Waals surface area contributed by atoms with Gasteiger partial charge >= 0.3 is 0 Å². The Morgan fingerprint density at radius 2 is 2.04 bits per heavy atom. The van der Waals surface area contributed by atoms with Crippen LogP contribution in [0.5, 0.6) is 0 Å². The number of carbonyl (C=O) groups is 2. The van der Waals surface area contributed by atoms with E-state index in [-0.39, 0.29) is 11.8 Å². The lowest BCUT2D eigenvalue weighted by atomic mass is 9.90. The van der Waals surface area contributed by atoms with Gasteiger partial charge in [-0.05, 0) is 31.4 Å². The van der Waals surface area contributed by atoms with Crippen molar-refractivity contribution in [1.29, 1.82) is 0 Å². The number of nitrogens with one attached hydrogen (secondary N) is 1. The zero-order valence-corrected chi connectivity index (χ0v) is 13.8. The molecule has 1 N–H and O–H groups in total. The van der Waals surface area contributed by atoms with Crippen LogP contribution in [-0.2, 0) is 10.3 Å². The quantitative estimate of drug-likeness (QED) is 0.932.